The SMILES string of the molecule is CS(=O)(=O)NC(Cc1ccc(-c2cccc(NC(=O)NCc3ccncc3)c2)cc1)C(=O)O. The van der Waals surface area contributed by atoms with Crippen LogP contribution in [0.5, 0.6) is 0 Å². The molecule has 33 heavy (non-hydrogen) atoms. The van der Waals surface area contributed by atoms with Crippen molar-refractivity contribution in [2.24, 2.45) is 0 Å². The van der Waals surface area contributed by atoms with Crippen LogP contribution < -0.4 is 15.4 Å². The summed E-state index contributed by atoms with van der Waals surface area (Å²) in [6.07, 6.45) is 4.26. The molecule has 0 aliphatic rings. The highest BCUT2D eigenvalue weighted by atomic mass is 32.2. The Balaban J connectivity index is 1.63. The molecule has 172 valence electrons. The molecule has 1 unspecified atom stereocenters. The second-order valence-corrected chi connectivity index (χ2v) is 9.21. The number of urea groups is 1. The van der Waals surface area contributed by atoms with Crippen LogP contribution in [-0.2, 0) is 27.8 Å². The number of hydrogen-bond donors (Lipinski definition) is 4. The highest BCUT2D eigenvalue weighted by molar-refractivity contribution is 7.88. The number of carboxylic acids is 1. The smallest absolute Gasteiger partial charge is 0.322 e. The van der Waals surface area contributed by atoms with Crippen molar-refractivity contribution in [1.82, 2.24) is 15.0 Å². The number of carbonyl (C=O) groups is 2. The van der Waals surface area contributed by atoms with E-state index in [1.54, 1.807) is 30.6 Å². The molecule has 0 saturated heterocycles. The Morgan fingerprint density at radius 1 is 0.970 bits per heavy atom. The number of anilines is 1. The maximum Gasteiger partial charge on any atom is 0.322 e. The van der Waals surface area contributed by atoms with Gasteiger partial charge in [-0.05, 0) is 52.9 Å². The molecular formula is C23H24N4O5S. The Labute approximate surface area is 191 Å². The minimum atomic E-state index is -3.65. The van der Waals surface area contributed by atoms with E-state index >= 15 is 0 Å². The Bertz CT molecular complexity index is 1220. The second kappa shape index (κ2) is 10.7. The number of aliphatic carboxylic acids is 1. The molecule has 2 amide bonds. The van der Waals surface area contributed by atoms with Gasteiger partial charge in [-0.3, -0.25) is 9.78 Å². The Morgan fingerprint density at radius 2 is 1.67 bits per heavy atom. The molecule has 2 aromatic carbocycles. The van der Waals surface area contributed by atoms with Gasteiger partial charge in [-0.15, -0.1) is 0 Å². The van der Waals surface area contributed by atoms with Gasteiger partial charge in [-0.1, -0.05) is 36.4 Å². The van der Waals surface area contributed by atoms with Crippen LogP contribution in [-0.4, -0.2) is 42.8 Å². The molecule has 0 radical (unpaired) electrons. The van der Waals surface area contributed by atoms with E-state index in [4.69, 9.17) is 0 Å². The first-order chi connectivity index (χ1) is 15.7. The van der Waals surface area contributed by atoms with Gasteiger partial charge in [-0.2, -0.15) is 0 Å². The number of hydrogen-bond acceptors (Lipinski definition) is 5. The van der Waals surface area contributed by atoms with Crippen LogP contribution in [0.3, 0.4) is 0 Å². The van der Waals surface area contributed by atoms with E-state index in [-0.39, 0.29) is 12.5 Å². The van der Waals surface area contributed by atoms with Crippen LogP contribution in [0.2, 0.25) is 0 Å². The van der Waals surface area contributed by atoms with Gasteiger partial charge in [0.15, 0.2) is 0 Å². The lowest BCUT2D eigenvalue weighted by molar-refractivity contribution is -0.138. The Hall–Kier alpha value is -3.76. The second-order valence-electron chi connectivity index (χ2n) is 7.43. The maximum absolute atomic E-state index is 12.2. The molecule has 4 N–H and O–H groups in total. The predicted octanol–water partition coefficient (Wildman–Crippen LogP) is 2.62. The summed E-state index contributed by atoms with van der Waals surface area (Å²) in [7, 11) is -3.65. The number of carboxylic acid groups (broad SMARTS) is 1. The zero-order valence-electron chi connectivity index (χ0n) is 17.9. The third-order valence-electron chi connectivity index (χ3n) is 4.70. The fourth-order valence-corrected chi connectivity index (χ4v) is 3.84. The number of rotatable bonds is 9. The molecule has 0 bridgehead atoms. The molecule has 3 rings (SSSR count). The van der Waals surface area contributed by atoms with Crippen molar-refractivity contribution in [2.45, 2.75) is 19.0 Å². The van der Waals surface area contributed by atoms with Gasteiger partial charge in [0, 0.05) is 24.6 Å². The normalized spacial score (nSPS) is 12.0. The van der Waals surface area contributed by atoms with Gasteiger partial charge < -0.3 is 15.7 Å². The van der Waals surface area contributed by atoms with Gasteiger partial charge in [-0.25, -0.2) is 17.9 Å². The largest absolute Gasteiger partial charge is 0.480 e. The van der Waals surface area contributed by atoms with Crippen molar-refractivity contribution in [1.29, 1.82) is 0 Å². The maximum atomic E-state index is 12.2. The van der Waals surface area contributed by atoms with Crippen LogP contribution >= 0.6 is 0 Å². The summed E-state index contributed by atoms with van der Waals surface area (Å²) in [6.45, 7) is 0.376. The standard InChI is InChI=1S/C23H24N4O5S/c1-33(31,32)27-21(22(28)29)13-16-5-7-18(8-6-16)19-3-2-4-20(14-19)26-23(30)25-15-17-9-11-24-12-10-17/h2-12,14,21,27H,13,15H2,1H3,(H,28,29)(H2,25,26,30). The number of benzene rings is 2. The summed E-state index contributed by atoms with van der Waals surface area (Å²) < 4.78 is 24.9. The number of sulfonamides is 1. The molecule has 1 heterocycles. The number of carbonyl (C=O) groups excluding carboxylic acids is 1. The van der Waals surface area contributed by atoms with Crippen molar-refractivity contribution in [2.75, 3.05) is 11.6 Å². The van der Waals surface area contributed by atoms with Gasteiger partial charge >= 0.3 is 12.0 Å². The third-order valence-corrected chi connectivity index (χ3v) is 5.42. The van der Waals surface area contributed by atoms with Crippen molar-refractivity contribution in [3.8, 4) is 11.1 Å². The molecule has 0 aliphatic heterocycles. The summed E-state index contributed by atoms with van der Waals surface area (Å²) >= 11 is 0. The van der Waals surface area contributed by atoms with Gasteiger partial charge in [0.05, 0.1) is 6.26 Å². The number of pyridine rings is 1. The highest BCUT2D eigenvalue weighted by Crippen LogP contribution is 2.23. The molecule has 1 aromatic heterocycles. The monoisotopic (exact) mass is 468 g/mol. The van der Waals surface area contributed by atoms with Crippen molar-refractivity contribution in [3.63, 3.8) is 0 Å². The van der Waals surface area contributed by atoms with Crippen molar-refractivity contribution < 1.29 is 23.1 Å². The lowest BCUT2D eigenvalue weighted by Gasteiger charge is -2.13. The van der Waals surface area contributed by atoms with E-state index < -0.39 is 22.0 Å². The zero-order chi connectivity index (χ0) is 23.8. The minimum Gasteiger partial charge on any atom is -0.480 e. The summed E-state index contributed by atoms with van der Waals surface area (Å²) in [6, 6.07) is 16.5. The van der Waals surface area contributed by atoms with Crippen LogP contribution in [0.1, 0.15) is 11.1 Å². The van der Waals surface area contributed by atoms with Crippen LogP contribution in [0.25, 0.3) is 11.1 Å². The molecule has 0 fully saturated rings. The molecule has 0 saturated carbocycles. The first-order valence-corrected chi connectivity index (χ1v) is 11.9. The number of nitrogens with one attached hydrogen (secondary N) is 3. The van der Waals surface area contributed by atoms with Gasteiger partial charge in [0.2, 0.25) is 10.0 Å². The fraction of sp³-hybridized carbons (Fsp3) is 0.174. The molecular weight excluding hydrogens is 444 g/mol. The molecule has 0 aliphatic carbocycles. The van der Waals surface area contributed by atoms with E-state index in [0.29, 0.717) is 17.8 Å². The van der Waals surface area contributed by atoms with E-state index in [0.717, 1.165) is 22.9 Å². The van der Waals surface area contributed by atoms with E-state index in [9.17, 15) is 23.1 Å². The minimum absolute atomic E-state index is 0.0158. The van der Waals surface area contributed by atoms with Crippen molar-refractivity contribution >= 4 is 27.7 Å². The van der Waals surface area contributed by atoms with E-state index in [1.807, 2.05) is 42.5 Å². The first kappa shape index (κ1) is 23.9. The van der Waals surface area contributed by atoms with Crippen molar-refractivity contribution in [3.05, 3.63) is 84.2 Å². The number of aromatic nitrogens is 1. The summed E-state index contributed by atoms with van der Waals surface area (Å²) in [5.41, 5.74) is 3.95. The Morgan fingerprint density at radius 3 is 2.30 bits per heavy atom. The molecule has 3 aromatic rings. The fourth-order valence-electron chi connectivity index (χ4n) is 3.14. The topological polar surface area (TPSA) is 137 Å². The number of amides is 2. The molecule has 1 atom stereocenters. The van der Waals surface area contributed by atoms with Crippen LogP contribution in [0, 0.1) is 0 Å². The predicted molar refractivity (Wildman–Crippen MR) is 125 cm³/mol. The van der Waals surface area contributed by atoms with Crippen LogP contribution in [0.4, 0.5) is 10.5 Å². The lowest BCUT2D eigenvalue weighted by atomic mass is 10.0. The lowest BCUT2D eigenvalue weighted by Crippen LogP contribution is -2.41. The molecule has 0 spiro atoms. The highest BCUT2D eigenvalue weighted by Gasteiger charge is 2.21. The molecule has 9 nitrogen and oxygen atoms in total. The summed E-state index contributed by atoms with van der Waals surface area (Å²) in [5, 5.41) is 14.8. The van der Waals surface area contributed by atoms with E-state index in [2.05, 4.69) is 20.3 Å². The average molecular weight is 469 g/mol. The van der Waals surface area contributed by atoms with Crippen LogP contribution in [0.15, 0.2) is 73.1 Å². The number of nitrogens with zero attached hydrogens (tertiary/aromatic N) is 1. The van der Waals surface area contributed by atoms with Gasteiger partial charge in [0.1, 0.15) is 6.04 Å². The summed E-state index contributed by atoms with van der Waals surface area (Å²) in [4.78, 5) is 27.5. The zero-order valence-corrected chi connectivity index (χ0v) is 18.7. The summed E-state index contributed by atoms with van der Waals surface area (Å²) in [5.74, 6) is -1.24. The van der Waals surface area contributed by atoms with E-state index in [1.165, 1.54) is 0 Å². The third kappa shape index (κ3) is 7.70. The molecule has 10 heteroatoms. The first-order valence-electron chi connectivity index (χ1n) is 10.0. The Kier molecular flexibility index (Phi) is 7.75. The van der Waals surface area contributed by atoms with Gasteiger partial charge in [0.25, 0.3) is 0 Å². The quantitative estimate of drug-likeness (QED) is 0.381. The average Bonchev–Trinajstić information content (AvgIpc) is 2.78.